The number of ether oxygens (including phenoxy) is 3. The van der Waals surface area contributed by atoms with Crippen molar-refractivity contribution in [3.63, 3.8) is 0 Å². The Balaban J connectivity index is 1.96. The Morgan fingerprint density at radius 2 is 1.41 bits per heavy atom. The van der Waals surface area contributed by atoms with Gasteiger partial charge < -0.3 is 19.2 Å². The van der Waals surface area contributed by atoms with E-state index in [0.29, 0.717) is 12.0 Å². The number of hydrogen-bond donors (Lipinski definition) is 3. The molecule has 0 saturated carbocycles. The lowest BCUT2D eigenvalue weighted by Crippen LogP contribution is -2.43. The largest absolute Gasteiger partial charge is 0.464 e. The van der Waals surface area contributed by atoms with E-state index >= 15 is 0 Å². The molecule has 3 N–H and O–H groups in total. The first-order valence-corrected chi connectivity index (χ1v) is 10.2. The predicted molar refractivity (Wildman–Crippen MR) is 125 cm³/mol. The zero-order valence-corrected chi connectivity index (χ0v) is 18.9. The summed E-state index contributed by atoms with van der Waals surface area (Å²) in [5.74, 6) is -0.955. The van der Waals surface area contributed by atoms with Gasteiger partial charge in [-0.1, -0.05) is 54.6 Å². The first kappa shape index (κ1) is 24.1. The van der Waals surface area contributed by atoms with Crippen LogP contribution in [0.25, 0.3) is 11.1 Å². The minimum Gasteiger partial charge on any atom is -0.464 e. The third kappa shape index (κ3) is 6.00. The SMILES string of the molecule is COC(=O)NC(=Nc1c(Cc2ccc(-c3ccccc3)cc2)c[nH]c1C(=O)OC)NC(=O)OC. The molecule has 0 saturated heterocycles. The van der Waals surface area contributed by atoms with Crippen LogP contribution < -0.4 is 10.6 Å². The number of carbonyl (C=O) groups is 3. The lowest BCUT2D eigenvalue weighted by molar-refractivity contribution is 0.0595. The Bertz CT molecular complexity index is 1170. The molecular formula is C24H24N4O6. The zero-order valence-electron chi connectivity index (χ0n) is 18.9. The molecular weight excluding hydrogens is 440 g/mol. The average molecular weight is 464 g/mol. The standard InChI is InChI=1S/C24H24N4O6/c1-32-21(29)20-19(26-22(27-23(30)33-2)28-24(31)34-3)18(14-25-20)13-15-9-11-17(12-10-15)16-7-5-4-6-8-16/h4-12,14,25H,13H2,1-3H3,(H2,26,27,28,30,31). The predicted octanol–water partition coefficient (Wildman–Crippen LogP) is 3.76. The molecule has 2 amide bonds. The Morgan fingerprint density at radius 3 is 1.97 bits per heavy atom. The van der Waals surface area contributed by atoms with Gasteiger partial charge in [-0.3, -0.25) is 10.6 Å². The summed E-state index contributed by atoms with van der Waals surface area (Å²) in [5, 5.41) is 4.56. The average Bonchev–Trinajstić information content (AvgIpc) is 3.25. The number of aliphatic imine (C=N–C) groups is 1. The molecule has 0 aliphatic heterocycles. The zero-order chi connectivity index (χ0) is 24.5. The summed E-state index contributed by atoms with van der Waals surface area (Å²) in [5.41, 5.74) is 3.98. The molecule has 10 heteroatoms. The number of rotatable bonds is 5. The molecule has 0 spiro atoms. The Labute approximate surface area is 195 Å². The molecule has 2 aromatic carbocycles. The summed E-state index contributed by atoms with van der Waals surface area (Å²) in [4.78, 5) is 42.9. The van der Waals surface area contributed by atoms with E-state index in [2.05, 4.69) is 30.1 Å². The number of methoxy groups -OCH3 is 3. The summed E-state index contributed by atoms with van der Waals surface area (Å²) in [6, 6.07) is 17.9. The normalized spacial score (nSPS) is 10.1. The van der Waals surface area contributed by atoms with E-state index in [1.165, 1.54) is 7.11 Å². The molecule has 0 aliphatic carbocycles. The van der Waals surface area contributed by atoms with Crippen LogP contribution in [-0.2, 0) is 20.6 Å². The molecule has 0 fully saturated rings. The van der Waals surface area contributed by atoms with Crippen molar-refractivity contribution in [3.8, 4) is 11.1 Å². The van der Waals surface area contributed by atoms with Crippen molar-refractivity contribution in [2.24, 2.45) is 4.99 Å². The van der Waals surface area contributed by atoms with Crippen molar-refractivity contribution in [1.29, 1.82) is 0 Å². The van der Waals surface area contributed by atoms with Crippen LogP contribution in [0, 0.1) is 0 Å². The molecule has 3 aromatic rings. The van der Waals surface area contributed by atoms with E-state index in [0.717, 1.165) is 30.9 Å². The van der Waals surface area contributed by atoms with Crippen LogP contribution in [0.15, 0.2) is 65.8 Å². The van der Waals surface area contributed by atoms with Gasteiger partial charge in [-0.05, 0) is 16.7 Å². The Kier molecular flexibility index (Phi) is 8.01. The van der Waals surface area contributed by atoms with E-state index in [-0.39, 0.29) is 17.3 Å². The van der Waals surface area contributed by atoms with Gasteiger partial charge in [0.1, 0.15) is 5.69 Å². The van der Waals surface area contributed by atoms with Crippen molar-refractivity contribution in [3.05, 3.63) is 77.6 Å². The Morgan fingerprint density at radius 1 is 0.824 bits per heavy atom. The minimum absolute atomic E-state index is 0.0502. The van der Waals surface area contributed by atoms with Crippen LogP contribution in [0.4, 0.5) is 15.3 Å². The lowest BCUT2D eigenvalue weighted by Gasteiger charge is -2.10. The van der Waals surface area contributed by atoms with Crippen molar-refractivity contribution in [1.82, 2.24) is 15.6 Å². The van der Waals surface area contributed by atoms with E-state index in [9.17, 15) is 14.4 Å². The number of aromatic amines is 1. The lowest BCUT2D eigenvalue weighted by atomic mass is 10.0. The van der Waals surface area contributed by atoms with Crippen molar-refractivity contribution >= 4 is 29.8 Å². The van der Waals surface area contributed by atoms with Crippen molar-refractivity contribution < 1.29 is 28.6 Å². The second-order valence-electron chi connectivity index (χ2n) is 6.96. The van der Waals surface area contributed by atoms with Crippen molar-refractivity contribution in [2.75, 3.05) is 21.3 Å². The van der Waals surface area contributed by atoms with Gasteiger partial charge in [-0.15, -0.1) is 0 Å². The van der Waals surface area contributed by atoms with Crippen LogP contribution in [0.5, 0.6) is 0 Å². The number of H-pyrrole nitrogens is 1. The van der Waals surface area contributed by atoms with Gasteiger partial charge in [0.25, 0.3) is 0 Å². The number of hydrogen-bond acceptors (Lipinski definition) is 7. The maximum atomic E-state index is 12.3. The fourth-order valence-electron chi connectivity index (χ4n) is 3.14. The second-order valence-corrected chi connectivity index (χ2v) is 6.96. The molecule has 10 nitrogen and oxygen atoms in total. The summed E-state index contributed by atoms with van der Waals surface area (Å²) in [6.45, 7) is 0. The van der Waals surface area contributed by atoms with Crippen LogP contribution in [0.1, 0.15) is 21.6 Å². The third-order valence-electron chi connectivity index (χ3n) is 4.81. The highest BCUT2D eigenvalue weighted by Gasteiger charge is 2.20. The van der Waals surface area contributed by atoms with E-state index < -0.39 is 18.2 Å². The molecule has 0 bridgehead atoms. The van der Waals surface area contributed by atoms with Gasteiger partial charge in [0.05, 0.1) is 21.3 Å². The van der Waals surface area contributed by atoms with Crippen molar-refractivity contribution in [2.45, 2.75) is 6.42 Å². The maximum absolute atomic E-state index is 12.3. The fraction of sp³-hybridized carbons (Fsp3) is 0.167. The number of nitrogens with one attached hydrogen (secondary N) is 3. The number of esters is 1. The summed E-state index contributed by atoms with van der Waals surface area (Å²) >= 11 is 0. The summed E-state index contributed by atoms with van der Waals surface area (Å²) in [6.07, 6.45) is 0.279. The first-order valence-electron chi connectivity index (χ1n) is 10.2. The number of nitrogens with zero attached hydrogens (tertiary/aromatic N) is 1. The number of amides is 2. The molecule has 1 heterocycles. The van der Waals surface area contributed by atoms with Gasteiger partial charge in [0.15, 0.2) is 5.69 Å². The fourth-order valence-corrected chi connectivity index (χ4v) is 3.14. The highest BCUT2D eigenvalue weighted by molar-refractivity contribution is 6.04. The molecule has 176 valence electrons. The molecule has 34 heavy (non-hydrogen) atoms. The van der Waals surface area contributed by atoms with E-state index in [4.69, 9.17) is 4.74 Å². The van der Waals surface area contributed by atoms with E-state index in [1.807, 2.05) is 54.6 Å². The van der Waals surface area contributed by atoms with Gasteiger partial charge in [-0.2, -0.15) is 0 Å². The van der Waals surface area contributed by atoms with Crippen LogP contribution in [0.2, 0.25) is 0 Å². The maximum Gasteiger partial charge on any atom is 0.413 e. The molecule has 0 atom stereocenters. The minimum atomic E-state index is -0.872. The number of benzene rings is 2. The smallest absolute Gasteiger partial charge is 0.413 e. The topological polar surface area (TPSA) is 131 Å². The number of carbonyl (C=O) groups excluding carboxylic acids is 3. The molecule has 3 rings (SSSR count). The summed E-state index contributed by atoms with van der Waals surface area (Å²) < 4.78 is 14.0. The van der Waals surface area contributed by atoms with Gasteiger partial charge in [-0.25, -0.2) is 19.4 Å². The van der Waals surface area contributed by atoms with Crippen LogP contribution >= 0.6 is 0 Å². The van der Waals surface area contributed by atoms with Crippen LogP contribution in [0.3, 0.4) is 0 Å². The molecule has 0 unspecified atom stereocenters. The molecule has 0 aliphatic rings. The van der Waals surface area contributed by atoms with Gasteiger partial charge in [0, 0.05) is 18.2 Å². The monoisotopic (exact) mass is 464 g/mol. The Hall–Kier alpha value is -4.60. The van der Waals surface area contributed by atoms with Gasteiger partial charge >= 0.3 is 18.2 Å². The highest BCUT2D eigenvalue weighted by atomic mass is 16.5. The quantitative estimate of drug-likeness (QED) is 0.228. The highest BCUT2D eigenvalue weighted by Crippen LogP contribution is 2.28. The number of alkyl carbamates (subject to hydrolysis) is 2. The van der Waals surface area contributed by atoms with E-state index in [1.54, 1.807) is 6.20 Å². The summed E-state index contributed by atoms with van der Waals surface area (Å²) in [7, 11) is 3.55. The number of guanidine groups is 1. The van der Waals surface area contributed by atoms with Gasteiger partial charge in [0.2, 0.25) is 5.96 Å². The number of aromatic nitrogens is 1. The third-order valence-corrected chi connectivity index (χ3v) is 4.81. The molecule has 0 radical (unpaired) electrons. The first-order chi connectivity index (χ1) is 16.4. The molecule has 1 aromatic heterocycles. The van der Waals surface area contributed by atoms with Crippen LogP contribution in [-0.4, -0.2) is 50.4 Å². The second kappa shape index (κ2) is 11.3.